The van der Waals surface area contributed by atoms with Gasteiger partial charge in [0.1, 0.15) is 0 Å². The third-order valence-corrected chi connectivity index (χ3v) is 9.36. The second-order valence-corrected chi connectivity index (χ2v) is 12.8. The predicted octanol–water partition coefficient (Wildman–Crippen LogP) is 5.60. The Kier molecular flexibility index (Phi) is 10.6. The Morgan fingerprint density at radius 1 is 1.02 bits per heavy atom. The number of rotatable bonds is 14. The van der Waals surface area contributed by atoms with Crippen molar-refractivity contribution >= 4 is 45.7 Å². The van der Waals surface area contributed by atoms with Gasteiger partial charge in [-0.1, -0.05) is 79.7 Å². The van der Waals surface area contributed by atoms with E-state index in [1.807, 2.05) is 60.8 Å². The van der Waals surface area contributed by atoms with Crippen LogP contribution in [0.2, 0.25) is 0 Å². The Hall–Kier alpha value is -6.11. The van der Waals surface area contributed by atoms with Crippen molar-refractivity contribution in [3.8, 4) is 0 Å². The van der Waals surface area contributed by atoms with Crippen LogP contribution in [0.25, 0.3) is 10.9 Å². The minimum atomic E-state index is -2.17. The molecule has 0 aliphatic carbocycles. The Balaban J connectivity index is 1.19. The number of anilines is 2. The number of hydrogen-bond acceptors (Lipinski definition) is 7. The number of benzene rings is 4. The third-order valence-electron chi connectivity index (χ3n) is 9.36. The summed E-state index contributed by atoms with van der Waals surface area (Å²) >= 11 is 0. The molecular weight excluding hydrogens is 662 g/mol. The molecule has 12 heteroatoms. The smallest absolute Gasteiger partial charge is 0.269 e. The number of non-ortho nitro benzene ring substituents is 1. The number of nitrogens with zero attached hydrogens (tertiary/aromatic N) is 3. The summed E-state index contributed by atoms with van der Waals surface area (Å²) in [6.45, 7) is 1.87. The van der Waals surface area contributed by atoms with E-state index < -0.39 is 22.3 Å². The van der Waals surface area contributed by atoms with Gasteiger partial charge in [-0.25, -0.2) is 0 Å². The second-order valence-electron chi connectivity index (χ2n) is 12.8. The van der Waals surface area contributed by atoms with Gasteiger partial charge in [0, 0.05) is 65.9 Å². The quantitative estimate of drug-likeness (QED) is 0.0664. The zero-order valence-electron chi connectivity index (χ0n) is 28.6. The Labute approximate surface area is 300 Å². The first kappa shape index (κ1) is 35.7. The third kappa shape index (κ3) is 7.48. The highest BCUT2D eigenvalue weighted by Gasteiger charge is 2.53. The molecule has 0 radical (unpaired) electrons. The van der Waals surface area contributed by atoms with Gasteiger partial charge in [-0.2, -0.15) is 0 Å². The lowest BCUT2D eigenvalue weighted by Gasteiger charge is -2.28. The molecular formula is C40H39N5O7. The number of nitrogens with one attached hydrogen (secondary N) is 2. The topological polar surface area (TPSA) is 169 Å². The van der Waals surface area contributed by atoms with Gasteiger partial charge in [0.2, 0.25) is 11.8 Å². The summed E-state index contributed by atoms with van der Waals surface area (Å²) in [6.07, 6.45) is 5.04. The minimum absolute atomic E-state index is 0.0165. The van der Waals surface area contributed by atoms with Gasteiger partial charge in [0.05, 0.1) is 30.2 Å². The molecule has 266 valence electrons. The van der Waals surface area contributed by atoms with Gasteiger partial charge in [0.15, 0.2) is 5.60 Å². The molecule has 2 atom stereocenters. The van der Waals surface area contributed by atoms with Crippen LogP contribution in [-0.2, 0) is 39.5 Å². The molecule has 52 heavy (non-hydrogen) atoms. The molecule has 1 aliphatic rings. The predicted molar refractivity (Wildman–Crippen MR) is 197 cm³/mol. The maximum Gasteiger partial charge on any atom is 0.269 e. The molecule has 0 fully saturated rings. The lowest BCUT2D eigenvalue weighted by Crippen LogP contribution is -2.44. The molecule has 4 aromatic carbocycles. The molecule has 3 amide bonds. The average Bonchev–Trinajstić information content (AvgIpc) is 3.64. The fourth-order valence-electron chi connectivity index (χ4n) is 6.65. The average molecular weight is 702 g/mol. The van der Waals surface area contributed by atoms with Crippen molar-refractivity contribution in [3.63, 3.8) is 0 Å². The summed E-state index contributed by atoms with van der Waals surface area (Å²) < 4.78 is 0. The van der Waals surface area contributed by atoms with E-state index in [-0.39, 0.29) is 55.6 Å². The van der Waals surface area contributed by atoms with Crippen molar-refractivity contribution < 1.29 is 29.5 Å². The van der Waals surface area contributed by atoms with Crippen molar-refractivity contribution in [1.82, 2.24) is 9.88 Å². The first-order valence-corrected chi connectivity index (χ1v) is 16.9. The summed E-state index contributed by atoms with van der Waals surface area (Å²) in [5.74, 6) is -2.03. The van der Waals surface area contributed by atoms with Crippen LogP contribution in [0.3, 0.4) is 0 Å². The van der Waals surface area contributed by atoms with Crippen molar-refractivity contribution in [2.24, 2.45) is 5.92 Å². The van der Waals surface area contributed by atoms with Crippen molar-refractivity contribution in [2.45, 2.75) is 38.5 Å². The highest BCUT2D eigenvalue weighted by Crippen LogP contribution is 2.47. The summed E-state index contributed by atoms with van der Waals surface area (Å²) in [6, 6.07) is 28.1. The number of para-hydroxylation sites is 1. The number of nitro groups is 1. The Morgan fingerprint density at radius 3 is 2.54 bits per heavy atom. The normalized spacial score (nSPS) is 15.9. The summed E-state index contributed by atoms with van der Waals surface area (Å²) in [5, 5.41) is 37.3. The van der Waals surface area contributed by atoms with Gasteiger partial charge in [0.25, 0.3) is 11.6 Å². The lowest BCUT2D eigenvalue weighted by atomic mass is 9.82. The SMILES string of the molecule is C[C@@H](/C=C/CC(=O)N(CCO)Cc1ccccc1)[C@]1(O)C(=O)N(Cc2cccc(NC(=O)Cc3c[nH]c4ccccc34)c2)c2ccc([N+](=O)[O-])cc21. The van der Waals surface area contributed by atoms with Gasteiger partial charge >= 0.3 is 0 Å². The molecule has 1 aromatic heterocycles. The van der Waals surface area contributed by atoms with E-state index in [1.165, 1.54) is 28.0 Å². The molecule has 0 saturated heterocycles. The summed E-state index contributed by atoms with van der Waals surface area (Å²) in [7, 11) is 0. The molecule has 4 N–H and O–H groups in total. The number of carbonyl (C=O) groups excluding carboxylic acids is 3. The number of H-pyrrole nitrogens is 1. The molecule has 0 spiro atoms. The molecule has 0 unspecified atom stereocenters. The van der Waals surface area contributed by atoms with Crippen molar-refractivity contribution in [3.05, 3.63) is 148 Å². The fourth-order valence-corrected chi connectivity index (χ4v) is 6.65. The highest BCUT2D eigenvalue weighted by molar-refractivity contribution is 6.07. The number of amides is 3. The number of nitro benzene ring substituents is 1. The number of aromatic nitrogens is 1. The first-order chi connectivity index (χ1) is 25.1. The van der Waals surface area contributed by atoms with Crippen molar-refractivity contribution in [1.29, 1.82) is 0 Å². The number of carbonyl (C=O) groups is 3. The van der Waals surface area contributed by atoms with Crippen LogP contribution in [0.1, 0.15) is 35.6 Å². The number of fused-ring (bicyclic) bond motifs is 2. The number of aliphatic hydroxyl groups excluding tert-OH is 1. The maximum atomic E-state index is 14.1. The van der Waals surface area contributed by atoms with Crippen LogP contribution < -0.4 is 10.2 Å². The molecule has 2 heterocycles. The Morgan fingerprint density at radius 2 is 1.77 bits per heavy atom. The van der Waals surface area contributed by atoms with E-state index >= 15 is 0 Å². The van der Waals surface area contributed by atoms with E-state index in [2.05, 4.69) is 10.3 Å². The van der Waals surface area contributed by atoms with Crippen LogP contribution in [0.15, 0.2) is 115 Å². The molecule has 12 nitrogen and oxygen atoms in total. The monoisotopic (exact) mass is 701 g/mol. The van der Waals surface area contributed by atoms with E-state index in [9.17, 15) is 34.7 Å². The summed E-state index contributed by atoms with van der Waals surface area (Å²) in [5.41, 5.74) is 1.85. The molecule has 0 bridgehead atoms. The highest BCUT2D eigenvalue weighted by atomic mass is 16.6. The molecule has 0 saturated carbocycles. The largest absolute Gasteiger partial charge is 0.395 e. The van der Waals surface area contributed by atoms with Gasteiger partial charge in [-0.05, 0) is 41.0 Å². The van der Waals surface area contributed by atoms with Crippen molar-refractivity contribution in [2.75, 3.05) is 23.4 Å². The number of aliphatic hydroxyl groups is 2. The molecule has 6 rings (SSSR count). The maximum absolute atomic E-state index is 14.1. The fraction of sp³-hybridized carbons (Fsp3) is 0.225. The molecule has 5 aromatic rings. The van der Waals surface area contributed by atoms with Gasteiger partial charge < -0.3 is 30.3 Å². The Bertz CT molecular complexity index is 2150. The van der Waals surface area contributed by atoms with Crippen LogP contribution in [-0.4, -0.2) is 55.9 Å². The lowest BCUT2D eigenvalue weighted by molar-refractivity contribution is -0.385. The molecule has 1 aliphatic heterocycles. The minimum Gasteiger partial charge on any atom is -0.395 e. The standard InChI is InChI=1S/C40H39N5O7/c1-27(9-7-16-38(48)43(19-20-46)25-28-10-3-2-4-11-28)40(50)34-23-32(45(51)52)17-18-36(34)44(39(40)49)26-29-12-8-13-31(21-29)42-37(47)22-30-24-41-35-15-6-5-14-33(30)35/h2-15,17-18,21,23-24,27,41,46,50H,16,19-20,22,25-26H2,1H3,(H,42,47)/b9-7+/t27-,40+/m0/s1. The number of aromatic amines is 1. The van der Waals surface area contributed by atoms with Crippen LogP contribution >= 0.6 is 0 Å². The van der Waals surface area contributed by atoms with E-state index in [4.69, 9.17) is 0 Å². The number of hydrogen-bond donors (Lipinski definition) is 4. The zero-order chi connectivity index (χ0) is 36.8. The first-order valence-electron chi connectivity index (χ1n) is 16.9. The second kappa shape index (κ2) is 15.4. The van der Waals surface area contributed by atoms with Crippen LogP contribution in [0, 0.1) is 16.0 Å². The zero-order valence-corrected chi connectivity index (χ0v) is 28.6. The van der Waals surface area contributed by atoms with E-state index in [1.54, 1.807) is 43.3 Å². The van der Waals surface area contributed by atoms with E-state index in [0.717, 1.165) is 22.0 Å². The summed E-state index contributed by atoms with van der Waals surface area (Å²) in [4.78, 5) is 57.5. The van der Waals surface area contributed by atoms with E-state index in [0.29, 0.717) is 23.5 Å². The van der Waals surface area contributed by atoms with Crippen LogP contribution in [0.4, 0.5) is 17.1 Å². The van der Waals surface area contributed by atoms with Gasteiger partial charge in [-0.15, -0.1) is 0 Å². The van der Waals surface area contributed by atoms with Crippen LogP contribution in [0.5, 0.6) is 0 Å². The van der Waals surface area contributed by atoms with Gasteiger partial charge in [-0.3, -0.25) is 24.5 Å².